The van der Waals surface area contributed by atoms with E-state index in [4.69, 9.17) is 11.7 Å². The van der Waals surface area contributed by atoms with Gasteiger partial charge in [-0.3, -0.25) is 4.98 Å². The summed E-state index contributed by atoms with van der Waals surface area (Å²) in [5.74, 6) is 11.7. The van der Waals surface area contributed by atoms with E-state index in [-0.39, 0.29) is 0 Å². The van der Waals surface area contributed by atoms with Gasteiger partial charge in [0.25, 0.3) is 0 Å². The van der Waals surface area contributed by atoms with Gasteiger partial charge in [-0.15, -0.1) is 0 Å². The summed E-state index contributed by atoms with van der Waals surface area (Å²) in [6.45, 7) is 3.72. The van der Waals surface area contributed by atoms with Gasteiger partial charge in [-0.05, 0) is 18.9 Å². The Hall–Kier alpha value is -1.95. The molecule has 6 heteroatoms. The van der Waals surface area contributed by atoms with Crippen LogP contribution in [0.1, 0.15) is 30.1 Å². The Balaban J connectivity index is 2.34. The lowest BCUT2D eigenvalue weighted by molar-refractivity contribution is 0.947. The molecule has 84 valence electrons. The van der Waals surface area contributed by atoms with E-state index in [1.54, 1.807) is 12.3 Å². The van der Waals surface area contributed by atoms with Crippen LogP contribution in [0.3, 0.4) is 0 Å². The summed E-state index contributed by atoms with van der Waals surface area (Å²) in [7, 11) is 0. The summed E-state index contributed by atoms with van der Waals surface area (Å²) in [4.78, 5) is 8.70. The van der Waals surface area contributed by atoms with E-state index >= 15 is 0 Å². The maximum absolute atomic E-state index is 5.66. The van der Waals surface area contributed by atoms with Gasteiger partial charge in [-0.2, -0.15) is 5.10 Å². The fourth-order valence-corrected chi connectivity index (χ4v) is 1.47. The molecular weight excluding hydrogens is 204 g/mol. The van der Waals surface area contributed by atoms with Gasteiger partial charge in [0.1, 0.15) is 6.34 Å². The van der Waals surface area contributed by atoms with Gasteiger partial charge in [0.2, 0.25) is 0 Å². The highest BCUT2D eigenvalue weighted by Crippen LogP contribution is 2.40. The number of anilines is 1. The molecule has 1 aliphatic rings. The van der Waals surface area contributed by atoms with Crippen LogP contribution in [0.25, 0.3) is 6.08 Å². The molecule has 6 nitrogen and oxygen atoms in total. The molecule has 1 aliphatic carbocycles. The maximum atomic E-state index is 5.66. The Bertz CT molecular complexity index is 423. The second-order valence-electron chi connectivity index (χ2n) is 3.65. The monoisotopic (exact) mass is 218 g/mol. The van der Waals surface area contributed by atoms with Crippen LogP contribution in [0, 0.1) is 0 Å². The van der Waals surface area contributed by atoms with Gasteiger partial charge in [0, 0.05) is 5.92 Å². The highest BCUT2D eigenvalue weighted by molar-refractivity contribution is 5.75. The van der Waals surface area contributed by atoms with E-state index in [1.165, 1.54) is 11.3 Å². The molecule has 16 heavy (non-hydrogen) atoms. The minimum atomic E-state index is 0.490. The Morgan fingerprint density at radius 3 is 2.88 bits per heavy atom. The van der Waals surface area contributed by atoms with Crippen molar-refractivity contribution in [2.45, 2.75) is 18.8 Å². The molecule has 0 aliphatic heterocycles. The highest BCUT2D eigenvalue weighted by atomic mass is 15.4. The predicted octanol–water partition coefficient (Wildman–Crippen LogP) is 0.579. The lowest BCUT2D eigenvalue weighted by atomic mass is 10.2. The molecule has 0 atom stereocenters. The molecule has 1 aromatic heterocycles. The van der Waals surface area contributed by atoms with Crippen LogP contribution in [0.15, 0.2) is 17.9 Å². The first-order valence-electron chi connectivity index (χ1n) is 5.03. The molecule has 2 rings (SSSR count). The van der Waals surface area contributed by atoms with Crippen molar-refractivity contribution in [3.63, 3.8) is 0 Å². The lowest BCUT2D eigenvalue weighted by Crippen LogP contribution is -2.31. The fourth-order valence-electron chi connectivity index (χ4n) is 1.47. The summed E-state index contributed by atoms with van der Waals surface area (Å²) in [6.07, 6.45) is 6.87. The molecule has 1 heterocycles. The van der Waals surface area contributed by atoms with Gasteiger partial charge in [0.05, 0.1) is 17.6 Å². The first kappa shape index (κ1) is 10.6. The third-order valence-electron chi connectivity index (χ3n) is 2.43. The normalized spacial score (nSPS) is 15.3. The second-order valence-corrected chi connectivity index (χ2v) is 3.65. The smallest absolute Gasteiger partial charge is 0.167 e. The van der Waals surface area contributed by atoms with Crippen LogP contribution < -0.4 is 16.7 Å². The van der Waals surface area contributed by atoms with Crippen molar-refractivity contribution in [3.05, 3.63) is 24.2 Å². The summed E-state index contributed by atoms with van der Waals surface area (Å²) >= 11 is 0. The number of aromatic nitrogens is 2. The number of hydrazine groups is 1. The number of nitrogens with zero attached hydrogens (tertiary/aromatic N) is 4. The van der Waals surface area contributed by atoms with Crippen molar-refractivity contribution in [3.8, 4) is 0 Å². The average Bonchev–Trinajstić information content (AvgIpc) is 3.12. The average molecular weight is 218 g/mol. The summed E-state index contributed by atoms with van der Waals surface area (Å²) in [6, 6.07) is 0. The van der Waals surface area contributed by atoms with Crippen molar-refractivity contribution in [2.75, 3.05) is 5.01 Å². The topological polar surface area (TPSA) is 93.4 Å². The number of nitrogens with two attached hydrogens (primary N) is 2. The van der Waals surface area contributed by atoms with Crippen LogP contribution in [-0.4, -0.2) is 16.3 Å². The molecule has 0 amide bonds. The first-order chi connectivity index (χ1) is 7.76. The molecule has 1 aromatic rings. The second kappa shape index (κ2) is 4.28. The quantitative estimate of drug-likeness (QED) is 0.333. The fraction of sp³-hybridized carbons (Fsp3) is 0.300. The van der Waals surface area contributed by atoms with Crippen LogP contribution in [0.4, 0.5) is 5.82 Å². The molecule has 0 bridgehead atoms. The van der Waals surface area contributed by atoms with Crippen molar-refractivity contribution in [1.29, 1.82) is 0 Å². The van der Waals surface area contributed by atoms with Crippen LogP contribution in [0.5, 0.6) is 0 Å². The molecule has 1 saturated carbocycles. The zero-order valence-electron chi connectivity index (χ0n) is 8.87. The minimum absolute atomic E-state index is 0.490. The Morgan fingerprint density at radius 2 is 2.31 bits per heavy atom. The lowest BCUT2D eigenvalue weighted by Gasteiger charge is -2.12. The van der Waals surface area contributed by atoms with Gasteiger partial charge < -0.3 is 5.84 Å². The Kier molecular flexibility index (Phi) is 2.82. The first-order valence-corrected chi connectivity index (χ1v) is 5.03. The number of hydrazone groups is 1. The van der Waals surface area contributed by atoms with E-state index in [0.29, 0.717) is 11.7 Å². The van der Waals surface area contributed by atoms with Gasteiger partial charge in [0.15, 0.2) is 5.82 Å². The maximum Gasteiger partial charge on any atom is 0.167 e. The van der Waals surface area contributed by atoms with Crippen LogP contribution >= 0.6 is 0 Å². The highest BCUT2D eigenvalue weighted by Gasteiger charge is 2.28. The van der Waals surface area contributed by atoms with E-state index in [0.717, 1.165) is 24.2 Å². The number of rotatable bonds is 4. The molecule has 0 unspecified atom stereocenters. The van der Waals surface area contributed by atoms with Gasteiger partial charge in [-0.25, -0.2) is 15.8 Å². The number of hydrogen-bond acceptors (Lipinski definition) is 5. The zero-order chi connectivity index (χ0) is 11.5. The van der Waals surface area contributed by atoms with Crippen molar-refractivity contribution in [2.24, 2.45) is 16.8 Å². The van der Waals surface area contributed by atoms with Gasteiger partial charge >= 0.3 is 0 Å². The van der Waals surface area contributed by atoms with E-state index < -0.39 is 0 Å². The van der Waals surface area contributed by atoms with Gasteiger partial charge in [-0.1, -0.05) is 6.58 Å². The Labute approximate surface area is 93.6 Å². The summed E-state index contributed by atoms with van der Waals surface area (Å²) in [5, 5.41) is 4.57. The predicted molar refractivity (Wildman–Crippen MR) is 63.4 cm³/mol. The molecule has 0 spiro atoms. The SMILES string of the molecule is C=Cc1ncc(N(N)/C=N\N)nc1C1CC1. The largest absolute Gasteiger partial charge is 0.322 e. The van der Waals surface area contributed by atoms with Crippen molar-refractivity contribution >= 4 is 18.2 Å². The third kappa shape index (κ3) is 2.01. The van der Waals surface area contributed by atoms with E-state index in [9.17, 15) is 0 Å². The number of hydrogen-bond donors (Lipinski definition) is 2. The molecular formula is C10H14N6. The molecule has 0 aromatic carbocycles. The van der Waals surface area contributed by atoms with Crippen molar-refractivity contribution in [1.82, 2.24) is 9.97 Å². The molecule has 4 N–H and O–H groups in total. The summed E-state index contributed by atoms with van der Waals surface area (Å²) < 4.78 is 0. The minimum Gasteiger partial charge on any atom is -0.322 e. The molecule has 1 fully saturated rings. The third-order valence-corrected chi connectivity index (χ3v) is 2.43. The van der Waals surface area contributed by atoms with Crippen LogP contribution in [-0.2, 0) is 0 Å². The van der Waals surface area contributed by atoms with Crippen LogP contribution in [0.2, 0.25) is 0 Å². The van der Waals surface area contributed by atoms with E-state index in [2.05, 4.69) is 21.6 Å². The van der Waals surface area contributed by atoms with Crippen molar-refractivity contribution < 1.29 is 0 Å². The Morgan fingerprint density at radius 1 is 1.56 bits per heavy atom. The van der Waals surface area contributed by atoms with E-state index in [1.807, 2.05) is 0 Å². The zero-order valence-corrected chi connectivity index (χ0v) is 8.87. The molecule has 0 radical (unpaired) electrons. The molecule has 0 saturated heterocycles. The standard InChI is InChI=1S/C10H14N6/c1-2-8-10(7-3-4-7)15-9(5-13-8)16(12)6-14-11/h2,5-7H,1,3-4,11-12H2/b14-6-. The summed E-state index contributed by atoms with van der Waals surface area (Å²) in [5.41, 5.74) is 1.78.